The molecule has 2 rings (SSSR count). The molecule has 142 valence electrons. The highest BCUT2D eigenvalue weighted by molar-refractivity contribution is 9.29. The van der Waals surface area contributed by atoms with E-state index in [1.165, 1.54) is 0 Å². The zero-order chi connectivity index (χ0) is 20.2. The third-order valence-electron chi connectivity index (χ3n) is 3.29. The molecule has 0 aliphatic rings. The van der Waals surface area contributed by atoms with Crippen molar-refractivity contribution in [2.45, 2.75) is 6.47 Å². The number of rotatable bonds is 3. The first-order chi connectivity index (χ1) is 11.8. The Bertz CT molecular complexity index is 857. The highest BCUT2D eigenvalue weighted by Crippen LogP contribution is 2.66. The van der Waals surface area contributed by atoms with Crippen LogP contribution in [0.4, 0.5) is 0 Å². The maximum atomic E-state index is 3.88. The molecule has 2 aromatic carbocycles. The van der Waals surface area contributed by atoms with Crippen LogP contribution in [0.3, 0.4) is 0 Å². The smallest absolute Gasteiger partial charge is 0.0644 e. The maximum absolute atomic E-state index is 3.88. The summed E-state index contributed by atoms with van der Waals surface area (Å²) in [5.41, 5.74) is 1.90. The van der Waals surface area contributed by atoms with Gasteiger partial charge in [0.25, 0.3) is 0 Å². The first-order valence-electron chi connectivity index (χ1n) is 6.18. The summed E-state index contributed by atoms with van der Waals surface area (Å²) in [4.78, 5) is 0. The zero-order valence-corrected chi connectivity index (χ0v) is 30.7. The molecule has 0 radical (unpaired) electrons. The Balaban J connectivity index is 2.81. The van der Waals surface area contributed by atoms with Crippen LogP contribution < -0.4 is 0 Å². The Kier molecular flexibility index (Phi) is 10.2. The Labute approximate surface area is 252 Å². The molecule has 0 nitrogen and oxygen atoms in total. The van der Waals surface area contributed by atoms with Crippen LogP contribution in [-0.4, -0.2) is 0 Å². The fourth-order valence-corrected chi connectivity index (χ4v) is 11.1. The van der Waals surface area contributed by atoms with E-state index < -0.39 is 6.47 Å². The van der Waals surface area contributed by atoms with E-state index in [0.29, 0.717) is 0 Å². The maximum Gasteiger partial charge on any atom is 0.137 e. The minimum absolute atomic E-state index is 0.729. The summed E-state index contributed by atoms with van der Waals surface area (Å²) >= 11 is 44.5. The Morgan fingerprint density at radius 3 is 1.35 bits per heavy atom. The third kappa shape index (κ3) is 4.76. The summed E-state index contributed by atoms with van der Waals surface area (Å²) in [5.74, 6) is 0. The van der Waals surface area contributed by atoms with Gasteiger partial charge < -0.3 is 0 Å². The molecular formula is C14H2Br12. The normalized spacial score (nSPS) is 12.6. The quantitative estimate of drug-likeness (QED) is 0.163. The molecular weight excluding hydrogens is 1130 g/mol. The lowest BCUT2D eigenvalue weighted by Crippen LogP contribution is -2.31. The average Bonchev–Trinajstić information content (AvgIpc) is 2.55. The molecule has 0 heterocycles. The lowest BCUT2D eigenvalue weighted by molar-refractivity contribution is 0.826. The van der Waals surface area contributed by atoms with Gasteiger partial charge >= 0.3 is 0 Å². The standard InChI is InChI=1S/C14H2Br12/c15-4-2-1-3(6(16)7(4)17)13(23,24)14(25,26)5-8(18)10(20)12(22)11(21)9(5)19/h1-2H. The second kappa shape index (κ2) is 10.00. The Morgan fingerprint density at radius 1 is 0.462 bits per heavy atom. The molecule has 0 unspecified atom stereocenters. The fraction of sp³-hybridized carbons (Fsp3) is 0.143. The monoisotopic (exact) mass is 1120 g/mol. The molecule has 0 spiro atoms. The van der Waals surface area contributed by atoms with Gasteiger partial charge in [-0.2, -0.15) is 0 Å². The van der Waals surface area contributed by atoms with Gasteiger partial charge in [-0.1, -0.05) is 69.8 Å². The molecule has 0 fully saturated rings. The zero-order valence-electron chi connectivity index (χ0n) is 11.7. The van der Waals surface area contributed by atoms with Crippen LogP contribution in [0.2, 0.25) is 0 Å². The first-order valence-corrected chi connectivity index (χ1v) is 15.7. The van der Waals surface area contributed by atoms with Crippen molar-refractivity contribution in [3.8, 4) is 0 Å². The number of alkyl halides is 4. The third-order valence-corrected chi connectivity index (χ3v) is 18.9. The number of hydrogen-bond acceptors (Lipinski definition) is 0. The van der Waals surface area contributed by atoms with Gasteiger partial charge in [-0.15, -0.1) is 0 Å². The molecule has 0 aliphatic carbocycles. The van der Waals surface area contributed by atoms with Gasteiger partial charge in [-0.25, -0.2) is 0 Å². The van der Waals surface area contributed by atoms with E-state index >= 15 is 0 Å². The SMILES string of the molecule is Brc1ccc(C(Br)(Br)C(Br)(Br)c2c(Br)c(Br)c(Br)c(Br)c2Br)c(Br)c1Br. The Hall–Kier alpha value is 4.20. The molecule has 0 saturated carbocycles. The second-order valence-electron chi connectivity index (χ2n) is 4.82. The number of halogens is 12. The van der Waals surface area contributed by atoms with Crippen LogP contribution in [0.25, 0.3) is 0 Å². The van der Waals surface area contributed by atoms with Gasteiger partial charge in [0.15, 0.2) is 0 Å². The fourth-order valence-electron chi connectivity index (χ4n) is 1.98. The number of hydrogen-bond donors (Lipinski definition) is 0. The van der Waals surface area contributed by atoms with Crippen molar-refractivity contribution in [1.29, 1.82) is 0 Å². The van der Waals surface area contributed by atoms with E-state index in [-0.39, 0.29) is 0 Å². The molecule has 0 atom stereocenters. The molecule has 0 bridgehead atoms. The summed E-state index contributed by atoms with van der Waals surface area (Å²) in [5, 5.41) is 0. The van der Waals surface area contributed by atoms with Crippen molar-refractivity contribution in [2.75, 3.05) is 0 Å². The van der Waals surface area contributed by atoms with Crippen LogP contribution in [0.15, 0.2) is 47.9 Å². The molecule has 0 aromatic heterocycles. The lowest BCUT2D eigenvalue weighted by atomic mass is 10.0. The lowest BCUT2D eigenvalue weighted by Gasteiger charge is -2.38. The van der Waals surface area contributed by atoms with E-state index in [0.717, 1.165) is 46.9 Å². The average molecular weight is 1130 g/mol. The molecule has 12 heteroatoms. The minimum atomic E-state index is -0.758. The van der Waals surface area contributed by atoms with Crippen LogP contribution >= 0.6 is 191 Å². The van der Waals surface area contributed by atoms with E-state index in [1.807, 2.05) is 12.1 Å². The van der Waals surface area contributed by atoms with Crippen molar-refractivity contribution in [3.63, 3.8) is 0 Å². The highest BCUT2D eigenvalue weighted by Gasteiger charge is 2.51. The summed E-state index contributed by atoms with van der Waals surface area (Å²) in [6.45, 7) is 0. The van der Waals surface area contributed by atoms with Gasteiger partial charge in [0, 0.05) is 41.3 Å². The van der Waals surface area contributed by atoms with Crippen molar-refractivity contribution < 1.29 is 0 Å². The van der Waals surface area contributed by atoms with Gasteiger partial charge in [-0.3, -0.25) is 0 Å². The molecule has 26 heavy (non-hydrogen) atoms. The predicted octanol–water partition coefficient (Wildman–Crippen LogP) is 12.4. The molecule has 0 N–H and O–H groups in total. The van der Waals surface area contributed by atoms with E-state index in [4.69, 9.17) is 0 Å². The molecule has 0 aliphatic heterocycles. The minimum Gasteiger partial charge on any atom is -0.0644 e. The topological polar surface area (TPSA) is 0 Å². The summed E-state index contributed by atoms with van der Waals surface area (Å²) < 4.78 is 5.73. The van der Waals surface area contributed by atoms with Crippen molar-refractivity contribution >= 4 is 191 Å². The van der Waals surface area contributed by atoms with Crippen LogP contribution in [-0.2, 0) is 6.47 Å². The predicted molar refractivity (Wildman–Crippen MR) is 154 cm³/mol. The second-order valence-corrected chi connectivity index (χ2v) is 18.1. The summed E-state index contributed by atoms with van der Waals surface area (Å²) in [6, 6.07) is 4.00. The number of benzene rings is 2. The Morgan fingerprint density at radius 2 is 0.885 bits per heavy atom. The van der Waals surface area contributed by atoms with Gasteiger partial charge in [0.2, 0.25) is 0 Å². The summed E-state index contributed by atoms with van der Waals surface area (Å²) in [6.07, 6.45) is 0. The summed E-state index contributed by atoms with van der Waals surface area (Å²) in [7, 11) is 0. The van der Waals surface area contributed by atoms with Crippen molar-refractivity contribution in [1.82, 2.24) is 0 Å². The van der Waals surface area contributed by atoms with Crippen LogP contribution in [0.1, 0.15) is 11.1 Å². The van der Waals surface area contributed by atoms with Crippen molar-refractivity contribution in [2.24, 2.45) is 0 Å². The molecule has 2 aromatic rings. The van der Waals surface area contributed by atoms with Gasteiger partial charge in [-0.05, 0) is 139 Å². The molecule has 0 amide bonds. The van der Waals surface area contributed by atoms with Crippen LogP contribution in [0.5, 0.6) is 0 Å². The van der Waals surface area contributed by atoms with Gasteiger partial charge in [0.05, 0.1) is 0 Å². The van der Waals surface area contributed by atoms with Crippen molar-refractivity contribution in [3.05, 3.63) is 59.0 Å². The van der Waals surface area contributed by atoms with Gasteiger partial charge in [0.1, 0.15) is 6.47 Å². The van der Waals surface area contributed by atoms with E-state index in [9.17, 15) is 0 Å². The first kappa shape index (κ1) is 26.5. The van der Waals surface area contributed by atoms with E-state index in [1.54, 1.807) is 0 Å². The highest BCUT2D eigenvalue weighted by atomic mass is 79.9. The largest absolute Gasteiger partial charge is 0.137 e. The van der Waals surface area contributed by atoms with Crippen LogP contribution in [0, 0.1) is 0 Å². The van der Waals surface area contributed by atoms with E-state index in [2.05, 4.69) is 191 Å². The molecule has 0 saturated heterocycles.